The summed E-state index contributed by atoms with van der Waals surface area (Å²) in [5.74, 6) is 1.48. The number of hydrogen-bond donors (Lipinski definition) is 0. The maximum absolute atomic E-state index is 15.1. The number of rotatable bonds is 7. The Hall–Kier alpha value is -2.63. The summed E-state index contributed by atoms with van der Waals surface area (Å²) < 4.78 is 21.3. The second-order valence-electron chi connectivity index (χ2n) is 8.51. The third-order valence-electron chi connectivity index (χ3n) is 6.09. The minimum atomic E-state index is -0.219. The number of ketones is 1. The van der Waals surface area contributed by atoms with Crippen LogP contribution < -0.4 is 14.5 Å². The van der Waals surface area contributed by atoms with Crippen LogP contribution in [-0.2, 0) is 4.79 Å². The van der Waals surface area contributed by atoms with Gasteiger partial charge in [0.1, 0.15) is 17.6 Å². The van der Waals surface area contributed by atoms with Gasteiger partial charge in [-0.15, -0.1) is 0 Å². The van der Waals surface area contributed by atoms with E-state index >= 15 is 4.39 Å². The first-order chi connectivity index (χ1) is 14.5. The Balaban J connectivity index is 1.38. The molecule has 0 N–H and O–H groups in total. The molecule has 160 valence electrons. The maximum atomic E-state index is 15.1. The third-order valence-corrected chi connectivity index (χ3v) is 6.09. The predicted molar refractivity (Wildman–Crippen MR) is 117 cm³/mol. The number of halogens is 1. The molecule has 6 heteroatoms. The van der Waals surface area contributed by atoms with Gasteiger partial charge in [-0.25, -0.2) is 9.37 Å². The summed E-state index contributed by atoms with van der Waals surface area (Å²) >= 11 is 0. The van der Waals surface area contributed by atoms with Crippen molar-refractivity contribution in [3.63, 3.8) is 0 Å². The van der Waals surface area contributed by atoms with E-state index in [0.717, 1.165) is 50.2 Å². The average molecular weight is 412 g/mol. The van der Waals surface area contributed by atoms with E-state index in [4.69, 9.17) is 4.74 Å². The van der Waals surface area contributed by atoms with Crippen molar-refractivity contribution in [2.75, 3.05) is 36.0 Å². The summed E-state index contributed by atoms with van der Waals surface area (Å²) in [6.07, 6.45) is 5.32. The van der Waals surface area contributed by atoms with Crippen LogP contribution in [0.15, 0.2) is 36.5 Å². The molecule has 3 heterocycles. The molecule has 0 bridgehead atoms. The van der Waals surface area contributed by atoms with Gasteiger partial charge in [-0.1, -0.05) is 19.1 Å². The number of nitrogens with zero attached hydrogens (tertiary/aromatic N) is 3. The molecule has 0 radical (unpaired) electrons. The van der Waals surface area contributed by atoms with Crippen LogP contribution >= 0.6 is 0 Å². The zero-order valence-electron chi connectivity index (χ0n) is 17.8. The Kier molecular flexibility index (Phi) is 6.21. The van der Waals surface area contributed by atoms with Gasteiger partial charge in [0.2, 0.25) is 0 Å². The number of ether oxygens (including phenoxy) is 1. The third kappa shape index (κ3) is 4.58. The Labute approximate surface area is 177 Å². The number of Topliss-reactive ketones (excluding diaryl/α,β-unsaturated/α-hetero) is 1. The fourth-order valence-corrected chi connectivity index (χ4v) is 4.48. The highest BCUT2D eigenvalue weighted by atomic mass is 19.1. The van der Waals surface area contributed by atoms with Gasteiger partial charge in [-0.2, -0.15) is 0 Å². The largest absolute Gasteiger partial charge is 0.489 e. The topological polar surface area (TPSA) is 45.7 Å². The first-order valence-electron chi connectivity index (χ1n) is 10.9. The van der Waals surface area contributed by atoms with Crippen LogP contribution in [0.3, 0.4) is 0 Å². The van der Waals surface area contributed by atoms with Crippen LogP contribution in [0.1, 0.15) is 51.0 Å². The molecule has 2 aliphatic rings. The summed E-state index contributed by atoms with van der Waals surface area (Å²) in [6, 6.07) is 9.75. The van der Waals surface area contributed by atoms with Crippen LogP contribution in [0.2, 0.25) is 0 Å². The van der Waals surface area contributed by atoms with Gasteiger partial charge in [0, 0.05) is 38.7 Å². The quantitative estimate of drug-likeness (QED) is 0.668. The molecule has 0 saturated carbocycles. The minimum absolute atomic E-state index is 0.0216. The molecule has 0 spiro atoms. The van der Waals surface area contributed by atoms with Crippen molar-refractivity contribution in [1.29, 1.82) is 0 Å². The number of pyridine rings is 1. The first-order valence-corrected chi connectivity index (χ1v) is 10.9. The van der Waals surface area contributed by atoms with Crippen molar-refractivity contribution in [1.82, 2.24) is 4.98 Å². The van der Waals surface area contributed by atoms with E-state index in [1.807, 2.05) is 29.2 Å². The Morgan fingerprint density at radius 3 is 2.60 bits per heavy atom. The fourth-order valence-electron chi connectivity index (χ4n) is 4.48. The monoisotopic (exact) mass is 411 g/mol. The molecular weight excluding hydrogens is 381 g/mol. The molecule has 5 nitrogen and oxygen atoms in total. The van der Waals surface area contributed by atoms with Crippen molar-refractivity contribution in [2.24, 2.45) is 0 Å². The number of hydrogen-bond acceptors (Lipinski definition) is 5. The molecule has 1 aromatic heterocycles. The molecule has 0 unspecified atom stereocenters. The lowest BCUT2D eigenvalue weighted by Crippen LogP contribution is -2.27. The Bertz CT molecular complexity index is 881. The number of aromatic nitrogens is 1. The first kappa shape index (κ1) is 20.6. The number of anilines is 2. The van der Waals surface area contributed by atoms with Gasteiger partial charge in [0.15, 0.2) is 11.6 Å². The van der Waals surface area contributed by atoms with Gasteiger partial charge in [-0.3, -0.25) is 0 Å². The second-order valence-corrected chi connectivity index (χ2v) is 8.51. The van der Waals surface area contributed by atoms with Crippen molar-refractivity contribution >= 4 is 17.3 Å². The van der Waals surface area contributed by atoms with Crippen molar-refractivity contribution < 1.29 is 13.9 Å². The minimum Gasteiger partial charge on any atom is -0.489 e. The van der Waals surface area contributed by atoms with E-state index in [1.54, 1.807) is 19.2 Å². The van der Waals surface area contributed by atoms with E-state index in [2.05, 4.69) is 16.8 Å². The standard InChI is InChI=1S/C24H30FN3O2/c1-17(15-18(2)29)19-5-7-20(8-6-19)30-21-10-14-28(16-21)22-9-11-26-24(23(22)25)27-12-3-4-13-27/h5-9,11,17,21H,3-4,10,12-16H2,1-2H3/t17-,21-/m1/s1. The highest BCUT2D eigenvalue weighted by Gasteiger charge is 2.28. The molecule has 1 aromatic carbocycles. The molecular formula is C24H30FN3O2. The van der Waals surface area contributed by atoms with Crippen LogP contribution in [0, 0.1) is 5.82 Å². The van der Waals surface area contributed by atoms with Crippen molar-refractivity contribution in [3.8, 4) is 5.75 Å². The number of benzene rings is 1. The van der Waals surface area contributed by atoms with Crippen molar-refractivity contribution in [2.45, 2.75) is 51.6 Å². The zero-order chi connectivity index (χ0) is 21.1. The Morgan fingerprint density at radius 1 is 1.17 bits per heavy atom. The molecule has 0 amide bonds. The normalized spacial score (nSPS) is 19.9. The lowest BCUT2D eigenvalue weighted by atomic mass is 9.96. The lowest BCUT2D eigenvalue weighted by molar-refractivity contribution is -0.117. The van der Waals surface area contributed by atoms with E-state index in [9.17, 15) is 4.79 Å². The van der Waals surface area contributed by atoms with Crippen LogP contribution in [0.5, 0.6) is 5.75 Å². The van der Waals surface area contributed by atoms with Gasteiger partial charge >= 0.3 is 0 Å². The average Bonchev–Trinajstić information content (AvgIpc) is 3.40. The van der Waals surface area contributed by atoms with E-state index in [-0.39, 0.29) is 23.6 Å². The van der Waals surface area contributed by atoms with Crippen LogP contribution in [-0.4, -0.2) is 43.1 Å². The van der Waals surface area contributed by atoms with Gasteiger partial charge in [0.05, 0.1) is 12.2 Å². The molecule has 2 fully saturated rings. The number of carbonyl (C=O) groups excluding carboxylic acids is 1. The predicted octanol–water partition coefficient (Wildman–Crippen LogP) is 4.56. The summed E-state index contributed by atoms with van der Waals surface area (Å²) in [7, 11) is 0. The van der Waals surface area contributed by atoms with Gasteiger partial charge in [-0.05, 0) is 49.4 Å². The summed E-state index contributed by atoms with van der Waals surface area (Å²) in [4.78, 5) is 19.7. The molecule has 4 rings (SSSR count). The fraction of sp³-hybridized carbons (Fsp3) is 0.500. The van der Waals surface area contributed by atoms with E-state index < -0.39 is 0 Å². The summed E-state index contributed by atoms with van der Waals surface area (Å²) in [5.41, 5.74) is 1.75. The van der Waals surface area contributed by atoms with Crippen LogP contribution in [0.25, 0.3) is 0 Å². The molecule has 2 aliphatic heterocycles. The van der Waals surface area contributed by atoms with Gasteiger partial charge < -0.3 is 19.3 Å². The summed E-state index contributed by atoms with van der Waals surface area (Å²) in [6.45, 7) is 6.85. The molecule has 2 saturated heterocycles. The SMILES string of the molecule is CC(=O)C[C@@H](C)c1ccc(O[C@@H]2CCN(c3ccnc(N4CCCC4)c3F)C2)cc1. The summed E-state index contributed by atoms with van der Waals surface area (Å²) in [5, 5.41) is 0. The van der Waals surface area contributed by atoms with E-state index in [1.165, 1.54) is 0 Å². The zero-order valence-corrected chi connectivity index (χ0v) is 17.8. The maximum Gasteiger partial charge on any atom is 0.188 e. The molecule has 2 aromatic rings. The highest BCUT2D eigenvalue weighted by molar-refractivity contribution is 5.76. The second kappa shape index (κ2) is 9.02. The van der Waals surface area contributed by atoms with E-state index in [0.29, 0.717) is 24.5 Å². The Morgan fingerprint density at radius 2 is 1.90 bits per heavy atom. The number of carbonyl (C=O) groups is 1. The smallest absolute Gasteiger partial charge is 0.188 e. The highest BCUT2D eigenvalue weighted by Crippen LogP contribution is 2.31. The molecule has 30 heavy (non-hydrogen) atoms. The molecule has 0 aliphatic carbocycles. The molecule has 2 atom stereocenters. The van der Waals surface area contributed by atoms with Crippen LogP contribution in [0.4, 0.5) is 15.9 Å². The van der Waals surface area contributed by atoms with Crippen molar-refractivity contribution in [3.05, 3.63) is 47.9 Å². The lowest BCUT2D eigenvalue weighted by Gasteiger charge is -2.23. The van der Waals surface area contributed by atoms with Gasteiger partial charge in [0.25, 0.3) is 0 Å².